The van der Waals surface area contributed by atoms with E-state index in [1.54, 1.807) is 0 Å². The zero-order chi connectivity index (χ0) is 15.8. The third-order valence-corrected chi connectivity index (χ3v) is 4.95. The Hall–Kier alpha value is -1.94. The van der Waals surface area contributed by atoms with Crippen molar-refractivity contribution in [2.24, 2.45) is 0 Å². The number of aryl methyl sites for hydroxylation is 1. The van der Waals surface area contributed by atoms with Gasteiger partial charge >= 0.3 is 0 Å². The minimum absolute atomic E-state index is 0.932. The van der Waals surface area contributed by atoms with Gasteiger partial charge in [0.1, 0.15) is 0 Å². The van der Waals surface area contributed by atoms with Gasteiger partial charge in [-0.25, -0.2) is 9.97 Å². The van der Waals surface area contributed by atoms with Crippen molar-refractivity contribution in [3.05, 3.63) is 41.1 Å². The van der Waals surface area contributed by atoms with Gasteiger partial charge in [-0.3, -0.25) is 0 Å². The van der Waals surface area contributed by atoms with Gasteiger partial charge in [-0.2, -0.15) is 0 Å². The van der Waals surface area contributed by atoms with Crippen molar-refractivity contribution in [3.8, 4) is 11.3 Å². The third-order valence-electron chi connectivity index (χ3n) is 4.95. The SMILES string of the molecule is Cc1ccc(-c2nc(N3CCCC3)nc3c2CN(C)CC3)cc1. The van der Waals surface area contributed by atoms with Crippen LogP contribution in [0.1, 0.15) is 29.7 Å². The quantitative estimate of drug-likeness (QED) is 0.853. The maximum atomic E-state index is 4.99. The lowest BCUT2D eigenvalue weighted by Gasteiger charge is -2.28. The van der Waals surface area contributed by atoms with Gasteiger partial charge in [0.25, 0.3) is 0 Å². The van der Waals surface area contributed by atoms with Crippen LogP contribution in [-0.4, -0.2) is 41.5 Å². The van der Waals surface area contributed by atoms with Crippen molar-refractivity contribution in [1.82, 2.24) is 14.9 Å². The monoisotopic (exact) mass is 308 g/mol. The molecule has 0 bridgehead atoms. The zero-order valence-corrected chi connectivity index (χ0v) is 14.0. The molecule has 2 aliphatic heterocycles. The van der Waals surface area contributed by atoms with Gasteiger partial charge in [0, 0.05) is 43.7 Å². The molecule has 2 aromatic rings. The van der Waals surface area contributed by atoms with E-state index >= 15 is 0 Å². The van der Waals surface area contributed by atoms with Crippen LogP contribution in [0.2, 0.25) is 0 Å². The molecule has 0 amide bonds. The van der Waals surface area contributed by atoms with E-state index in [0.29, 0.717) is 0 Å². The van der Waals surface area contributed by atoms with Gasteiger partial charge in [-0.05, 0) is 26.8 Å². The molecular weight excluding hydrogens is 284 g/mol. The molecule has 120 valence electrons. The molecule has 0 radical (unpaired) electrons. The van der Waals surface area contributed by atoms with Crippen LogP contribution >= 0.6 is 0 Å². The normalized spacial score (nSPS) is 18.3. The summed E-state index contributed by atoms with van der Waals surface area (Å²) in [4.78, 5) is 14.6. The van der Waals surface area contributed by atoms with Gasteiger partial charge in [-0.1, -0.05) is 29.8 Å². The van der Waals surface area contributed by atoms with Gasteiger partial charge in [-0.15, -0.1) is 0 Å². The van der Waals surface area contributed by atoms with Gasteiger partial charge in [0.2, 0.25) is 5.95 Å². The molecule has 23 heavy (non-hydrogen) atoms. The summed E-state index contributed by atoms with van der Waals surface area (Å²) in [6, 6.07) is 8.73. The first-order valence-electron chi connectivity index (χ1n) is 8.61. The number of benzene rings is 1. The maximum Gasteiger partial charge on any atom is 0.226 e. The molecule has 1 saturated heterocycles. The number of anilines is 1. The third kappa shape index (κ3) is 2.83. The summed E-state index contributed by atoms with van der Waals surface area (Å²) in [7, 11) is 2.18. The Bertz CT molecular complexity index is 702. The topological polar surface area (TPSA) is 32.3 Å². The van der Waals surface area contributed by atoms with Crippen molar-refractivity contribution in [2.75, 3.05) is 31.6 Å². The van der Waals surface area contributed by atoms with Crippen LogP contribution in [0.3, 0.4) is 0 Å². The number of hydrogen-bond acceptors (Lipinski definition) is 4. The molecule has 1 aromatic heterocycles. The van der Waals surface area contributed by atoms with Crippen molar-refractivity contribution in [1.29, 1.82) is 0 Å². The number of hydrogen-bond donors (Lipinski definition) is 0. The highest BCUT2D eigenvalue weighted by atomic mass is 15.3. The fourth-order valence-electron chi connectivity index (χ4n) is 3.54. The first kappa shape index (κ1) is 14.6. The molecule has 0 N–H and O–H groups in total. The van der Waals surface area contributed by atoms with Gasteiger partial charge in [0.05, 0.1) is 11.4 Å². The standard InChI is InChI=1S/C19H24N4/c1-14-5-7-15(8-6-14)18-16-13-22(2)12-9-17(16)20-19(21-18)23-10-3-4-11-23/h5-8H,3-4,9-13H2,1-2H3. The number of nitrogens with zero attached hydrogens (tertiary/aromatic N) is 4. The summed E-state index contributed by atoms with van der Waals surface area (Å²) in [6.07, 6.45) is 3.53. The number of fused-ring (bicyclic) bond motifs is 1. The van der Waals surface area contributed by atoms with Crippen LogP contribution in [0.4, 0.5) is 5.95 Å². The minimum atomic E-state index is 0.932. The second kappa shape index (κ2) is 5.93. The van der Waals surface area contributed by atoms with E-state index in [0.717, 1.165) is 44.2 Å². The Morgan fingerprint density at radius 2 is 1.70 bits per heavy atom. The first-order chi connectivity index (χ1) is 11.2. The van der Waals surface area contributed by atoms with E-state index in [1.807, 2.05) is 0 Å². The van der Waals surface area contributed by atoms with E-state index in [1.165, 1.54) is 35.2 Å². The maximum absolute atomic E-state index is 4.99. The number of rotatable bonds is 2. The molecule has 0 saturated carbocycles. The van der Waals surface area contributed by atoms with E-state index in [9.17, 15) is 0 Å². The fraction of sp³-hybridized carbons (Fsp3) is 0.474. The molecule has 3 heterocycles. The van der Waals surface area contributed by atoms with Crippen LogP contribution in [0.25, 0.3) is 11.3 Å². The molecule has 1 fully saturated rings. The Kier molecular flexibility index (Phi) is 3.77. The summed E-state index contributed by atoms with van der Waals surface area (Å²) in [5, 5.41) is 0. The van der Waals surface area contributed by atoms with Gasteiger partial charge < -0.3 is 9.80 Å². The molecule has 0 atom stereocenters. The summed E-state index contributed by atoms with van der Waals surface area (Å²) in [6.45, 7) is 6.33. The molecular formula is C19H24N4. The van der Waals surface area contributed by atoms with E-state index in [4.69, 9.17) is 9.97 Å². The van der Waals surface area contributed by atoms with Crippen LogP contribution < -0.4 is 4.90 Å². The lowest BCUT2D eigenvalue weighted by Crippen LogP contribution is -2.30. The molecule has 2 aliphatic rings. The highest BCUT2D eigenvalue weighted by Gasteiger charge is 2.24. The van der Waals surface area contributed by atoms with E-state index in [2.05, 4.69) is 48.0 Å². The Labute approximate surface area is 138 Å². The summed E-state index contributed by atoms with van der Waals surface area (Å²) >= 11 is 0. The van der Waals surface area contributed by atoms with E-state index in [-0.39, 0.29) is 0 Å². The average molecular weight is 308 g/mol. The number of likely N-dealkylation sites (N-methyl/N-ethyl adjacent to an activating group) is 1. The van der Waals surface area contributed by atoms with Crippen molar-refractivity contribution in [2.45, 2.75) is 32.7 Å². The fourth-order valence-corrected chi connectivity index (χ4v) is 3.54. The lowest BCUT2D eigenvalue weighted by atomic mass is 9.99. The molecule has 0 unspecified atom stereocenters. The van der Waals surface area contributed by atoms with Crippen LogP contribution in [-0.2, 0) is 13.0 Å². The van der Waals surface area contributed by atoms with Gasteiger partial charge in [0.15, 0.2) is 0 Å². The Balaban J connectivity index is 1.83. The van der Waals surface area contributed by atoms with Crippen LogP contribution in [0, 0.1) is 6.92 Å². The second-order valence-electron chi connectivity index (χ2n) is 6.85. The smallest absolute Gasteiger partial charge is 0.226 e. The van der Waals surface area contributed by atoms with Crippen molar-refractivity contribution < 1.29 is 0 Å². The summed E-state index contributed by atoms with van der Waals surface area (Å²) < 4.78 is 0. The Morgan fingerprint density at radius 1 is 0.957 bits per heavy atom. The summed E-state index contributed by atoms with van der Waals surface area (Å²) in [5.41, 5.74) is 6.18. The molecule has 4 nitrogen and oxygen atoms in total. The van der Waals surface area contributed by atoms with Crippen molar-refractivity contribution >= 4 is 5.95 Å². The van der Waals surface area contributed by atoms with Crippen molar-refractivity contribution in [3.63, 3.8) is 0 Å². The minimum Gasteiger partial charge on any atom is -0.341 e. The molecule has 0 aliphatic carbocycles. The highest BCUT2D eigenvalue weighted by molar-refractivity contribution is 5.66. The van der Waals surface area contributed by atoms with Crippen LogP contribution in [0.15, 0.2) is 24.3 Å². The highest BCUT2D eigenvalue weighted by Crippen LogP contribution is 2.30. The lowest BCUT2D eigenvalue weighted by molar-refractivity contribution is 0.310. The zero-order valence-electron chi connectivity index (χ0n) is 14.0. The van der Waals surface area contributed by atoms with Crippen LogP contribution in [0.5, 0.6) is 0 Å². The largest absolute Gasteiger partial charge is 0.341 e. The second-order valence-corrected chi connectivity index (χ2v) is 6.85. The predicted molar refractivity (Wildman–Crippen MR) is 93.7 cm³/mol. The summed E-state index contributed by atoms with van der Waals surface area (Å²) in [5.74, 6) is 0.932. The molecule has 1 aromatic carbocycles. The number of aromatic nitrogens is 2. The first-order valence-corrected chi connectivity index (χ1v) is 8.61. The molecule has 4 heteroatoms. The average Bonchev–Trinajstić information content (AvgIpc) is 3.09. The Morgan fingerprint density at radius 3 is 2.43 bits per heavy atom. The predicted octanol–water partition coefficient (Wildman–Crippen LogP) is 3.04. The molecule has 0 spiro atoms. The van der Waals surface area contributed by atoms with E-state index < -0.39 is 0 Å². The molecule has 4 rings (SSSR count).